The minimum absolute atomic E-state index is 0.0191. The first-order valence-corrected chi connectivity index (χ1v) is 4.16. The Labute approximate surface area is 64.1 Å². The maximum absolute atomic E-state index is 8.86. The first kappa shape index (κ1) is 9.49. The molecule has 58 valence electrons. The van der Waals surface area contributed by atoms with Crippen LogP contribution in [0.5, 0.6) is 0 Å². The smallest absolute Gasteiger partial charge is 0.0689 e. The van der Waals surface area contributed by atoms with Crippen molar-refractivity contribution < 1.29 is 0 Å². The molecule has 0 aromatic rings. The maximum atomic E-state index is 8.86. The van der Waals surface area contributed by atoms with E-state index < -0.39 is 0 Å². The molecule has 0 aromatic carbocycles. The summed E-state index contributed by atoms with van der Waals surface area (Å²) in [7, 11) is 0. The third-order valence-corrected chi connectivity index (χ3v) is 2.32. The van der Waals surface area contributed by atoms with Crippen LogP contribution in [-0.2, 0) is 0 Å². The van der Waals surface area contributed by atoms with Crippen molar-refractivity contribution in [1.29, 1.82) is 5.26 Å². The number of hydrogen-bond acceptors (Lipinski definition) is 1. The molecule has 0 radical (unpaired) electrons. The second-order valence-corrected chi connectivity index (χ2v) is 2.85. The van der Waals surface area contributed by atoms with E-state index >= 15 is 0 Å². The molecule has 0 bridgehead atoms. The zero-order valence-corrected chi connectivity index (χ0v) is 7.28. The van der Waals surface area contributed by atoms with Gasteiger partial charge in [0.15, 0.2) is 0 Å². The first-order valence-electron chi connectivity index (χ1n) is 4.16. The van der Waals surface area contributed by atoms with Gasteiger partial charge in [-0.3, -0.25) is 0 Å². The minimum Gasteiger partial charge on any atom is -0.198 e. The van der Waals surface area contributed by atoms with Crippen LogP contribution in [0.1, 0.15) is 46.5 Å². The largest absolute Gasteiger partial charge is 0.198 e. The van der Waals surface area contributed by atoms with Crippen molar-refractivity contribution in [2.75, 3.05) is 0 Å². The van der Waals surface area contributed by atoms with Crippen LogP contribution in [0.3, 0.4) is 0 Å². The van der Waals surface area contributed by atoms with Crippen LogP contribution >= 0.6 is 0 Å². The maximum Gasteiger partial charge on any atom is 0.0689 e. The van der Waals surface area contributed by atoms with E-state index in [2.05, 4.69) is 26.8 Å². The predicted octanol–water partition coefficient (Wildman–Crippen LogP) is 3.12. The van der Waals surface area contributed by atoms with Crippen LogP contribution in [-0.4, -0.2) is 0 Å². The lowest BCUT2D eigenvalue weighted by molar-refractivity contribution is 0.333. The Kier molecular flexibility index (Phi) is 4.11. The summed E-state index contributed by atoms with van der Waals surface area (Å²) >= 11 is 0. The molecule has 0 spiro atoms. The van der Waals surface area contributed by atoms with Gasteiger partial charge in [0.1, 0.15) is 0 Å². The van der Waals surface area contributed by atoms with Gasteiger partial charge < -0.3 is 0 Å². The fourth-order valence-corrected chi connectivity index (χ4v) is 1.30. The highest BCUT2D eigenvalue weighted by atomic mass is 14.4. The lowest BCUT2D eigenvalue weighted by Gasteiger charge is -2.21. The Bertz CT molecular complexity index is 117. The zero-order valence-electron chi connectivity index (χ0n) is 7.28. The second-order valence-electron chi connectivity index (χ2n) is 2.85. The summed E-state index contributed by atoms with van der Waals surface area (Å²) in [5, 5.41) is 8.86. The van der Waals surface area contributed by atoms with E-state index in [4.69, 9.17) is 5.26 Å². The summed E-state index contributed by atoms with van der Waals surface area (Å²) in [5.41, 5.74) is -0.0191. The molecule has 0 saturated heterocycles. The predicted molar refractivity (Wildman–Crippen MR) is 43.5 cm³/mol. The van der Waals surface area contributed by atoms with Gasteiger partial charge >= 0.3 is 0 Å². The Balaban J connectivity index is 4.05. The molecule has 0 atom stereocenters. The Morgan fingerprint density at radius 3 is 1.80 bits per heavy atom. The van der Waals surface area contributed by atoms with Crippen molar-refractivity contribution in [3.63, 3.8) is 0 Å². The fraction of sp³-hybridized carbons (Fsp3) is 0.889. The van der Waals surface area contributed by atoms with Gasteiger partial charge in [0.25, 0.3) is 0 Å². The average Bonchev–Trinajstić information content (AvgIpc) is 2.01. The molecule has 0 aromatic heterocycles. The number of hydrogen-bond donors (Lipinski definition) is 0. The molecular formula is C9H17N. The van der Waals surface area contributed by atoms with E-state index in [1.165, 1.54) is 0 Å². The lowest BCUT2D eigenvalue weighted by Crippen LogP contribution is -2.15. The number of rotatable bonds is 4. The summed E-state index contributed by atoms with van der Waals surface area (Å²) in [4.78, 5) is 0. The zero-order chi connectivity index (χ0) is 8.04. The quantitative estimate of drug-likeness (QED) is 0.587. The fourth-order valence-electron chi connectivity index (χ4n) is 1.30. The minimum atomic E-state index is -0.0191. The highest BCUT2D eigenvalue weighted by Crippen LogP contribution is 2.30. The number of nitriles is 1. The van der Waals surface area contributed by atoms with Gasteiger partial charge in [-0.1, -0.05) is 27.2 Å². The lowest BCUT2D eigenvalue weighted by atomic mass is 9.80. The van der Waals surface area contributed by atoms with Crippen molar-refractivity contribution in [1.82, 2.24) is 0 Å². The average molecular weight is 139 g/mol. The van der Waals surface area contributed by atoms with Gasteiger partial charge in [-0.15, -0.1) is 0 Å². The first-order chi connectivity index (χ1) is 4.74. The Hall–Kier alpha value is -0.510. The Morgan fingerprint density at radius 1 is 1.20 bits per heavy atom. The third kappa shape index (κ3) is 2.02. The molecule has 0 aliphatic carbocycles. The van der Waals surface area contributed by atoms with Gasteiger partial charge in [0.2, 0.25) is 0 Å². The van der Waals surface area contributed by atoms with Gasteiger partial charge in [-0.2, -0.15) is 5.26 Å². The summed E-state index contributed by atoms with van der Waals surface area (Å²) < 4.78 is 0. The summed E-state index contributed by atoms with van der Waals surface area (Å²) in [6, 6.07) is 2.42. The molecule has 1 nitrogen and oxygen atoms in total. The van der Waals surface area contributed by atoms with Crippen molar-refractivity contribution in [3.8, 4) is 6.07 Å². The highest BCUT2D eigenvalue weighted by molar-refractivity contribution is 4.96. The molecule has 0 aliphatic heterocycles. The SMILES string of the molecule is CCCC(C#N)(CC)CC. The van der Waals surface area contributed by atoms with Gasteiger partial charge in [-0.25, -0.2) is 0 Å². The summed E-state index contributed by atoms with van der Waals surface area (Å²) in [6.45, 7) is 6.34. The van der Waals surface area contributed by atoms with Crippen molar-refractivity contribution in [2.45, 2.75) is 46.5 Å². The topological polar surface area (TPSA) is 23.8 Å². The monoisotopic (exact) mass is 139 g/mol. The molecule has 10 heavy (non-hydrogen) atoms. The van der Waals surface area contributed by atoms with E-state index in [9.17, 15) is 0 Å². The van der Waals surface area contributed by atoms with Crippen LogP contribution in [0, 0.1) is 16.7 Å². The standard InChI is InChI=1S/C9H17N/c1-4-7-9(5-2,6-3)8-10/h4-7H2,1-3H3. The van der Waals surface area contributed by atoms with Crippen LogP contribution in [0.15, 0.2) is 0 Å². The number of nitrogens with zero attached hydrogens (tertiary/aromatic N) is 1. The molecule has 0 N–H and O–H groups in total. The van der Waals surface area contributed by atoms with E-state index in [1.807, 2.05) is 0 Å². The van der Waals surface area contributed by atoms with Crippen LogP contribution in [0.4, 0.5) is 0 Å². The van der Waals surface area contributed by atoms with E-state index in [0.717, 1.165) is 25.7 Å². The van der Waals surface area contributed by atoms with Gasteiger partial charge in [-0.05, 0) is 19.3 Å². The van der Waals surface area contributed by atoms with E-state index in [1.54, 1.807) is 0 Å². The van der Waals surface area contributed by atoms with E-state index in [0.29, 0.717) is 0 Å². The van der Waals surface area contributed by atoms with Gasteiger partial charge in [0, 0.05) is 0 Å². The molecule has 1 heteroatoms. The van der Waals surface area contributed by atoms with E-state index in [-0.39, 0.29) is 5.41 Å². The second kappa shape index (κ2) is 4.33. The highest BCUT2D eigenvalue weighted by Gasteiger charge is 2.23. The molecule has 0 aliphatic rings. The third-order valence-electron chi connectivity index (χ3n) is 2.32. The molecule has 0 fully saturated rings. The van der Waals surface area contributed by atoms with Crippen LogP contribution in [0.2, 0.25) is 0 Å². The van der Waals surface area contributed by atoms with Gasteiger partial charge in [0.05, 0.1) is 11.5 Å². The Morgan fingerprint density at radius 2 is 1.70 bits per heavy atom. The normalized spacial score (nSPS) is 11.0. The molecule has 0 saturated carbocycles. The van der Waals surface area contributed by atoms with Crippen LogP contribution in [0.25, 0.3) is 0 Å². The summed E-state index contributed by atoms with van der Waals surface area (Å²) in [6.07, 6.45) is 4.16. The molecule has 0 rings (SSSR count). The molecule has 0 unspecified atom stereocenters. The van der Waals surface area contributed by atoms with Crippen LogP contribution < -0.4 is 0 Å². The molecular weight excluding hydrogens is 122 g/mol. The van der Waals surface area contributed by atoms with Crippen molar-refractivity contribution in [3.05, 3.63) is 0 Å². The van der Waals surface area contributed by atoms with Crippen molar-refractivity contribution >= 4 is 0 Å². The molecule has 0 amide bonds. The molecule has 0 heterocycles. The van der Waals surface area contributed by atoms with Crippen molar-refractivity contribution in [2.24, 2.45) is 5.41 Å². The summed E-state index contributed by atoms with van der Waals surface area (Å²) in [5.74, 6) is 0.